The SMILES string of the molecule is CCN(CC)CCNc1ccc2ccccc2c1. The Bertz CT molecular complexity index is 489. The fourth-order valence-electron chi connectivity index (χ4n) is 2.20. The van der Waals surface area contributed by atoms with Gasteiger partial charge in [-0.1, -0.05) is 44.2 Å². The molecule has 2 aromatic rings. The third kappa shape index (κ3) is 3.23. The Morgan fingerprint density at radius 2 is 1.67 bits per heavy atom. The number of nitrogens with zero attached hydrogens (tertiary/aromatic N) is 1. The van der Waals surface area contributed by atoms with Gasteiger partial charge in [-0.2, -0.15) is 0 Å². The highest BCUT2D eigenvalue weighted by Gasteiger charge is 1.99. The summed E-state index contributed by atoms with van der Waals surface area (Å²) in [5, 5.41) is 6.09. The first-order valence-electron chi connectivity index (χ1n) is 6.78. The summed E-state index contributed by atoms with van der Waals surface area (Å²) in [6, 6.07) is 15.0. The van der Waals surface area contributed by atoms with E-state index in [1.165, 1.54) is 16.5 Å². The largest absolute Gasteiger partial charge is 0.384 e. The summed E-state index contributed by atoms with van der Waals surface area (Å²) < 4.78 is 0. The molecule has 0 saturated heterocycles. The molecular formula is C16H22N2. The van der Waals surface area contributed by atoms with Gasteiger partial charge in [0.1, 0.15) is 0 Å². The topological polar surface area (TPSA) is 15.3 Å². The number of fused-ring (bicyclic) bond motifs is 1. The van der Waals surface area contributed by atoms with Gasteiger partial charge in [-0.25, -0.2) is 0 Å². The minimum atomic E-state index is 1.00. The molecule has 2 nitrogen and oxygen atoms in total. The van der Waals surface area contributed by atoms with Gasteiger partial charge in [-0.3, -0.25) is 0 Å². The Kier molecular flexibility index (Phi) is 4.59. The van der Waals surface area contributed by atoms with Crippen LogP contribution in [0.2, 0.25) is 0 Å². The molecule has 0 radical (unpaired) electrons. The summed E-state index contributed by atoms with van der Waals surface area (Å²) in [4.78, 5) is 2.42. The van der Waals surface area contributed by atoms with Crippen LogP contribution in [0, 0.1) is 0 Å². The van der Waals surface area contributed by atoms with Crippen molar-refractivity contribution in [3.8, 4) is 0 Å². The Morgan fingerprint density at radius 3 is 2.39 bits per heavy atom. The first kappa shape index (κ1) is 12.9. The zero-order chi connectivity index (χ0) is 12.8. The van der Waals surface area contributed by atoms with Crippen molar-refractivity contribution in [2.75, 3.05) is 31.5 Å². The smallest absolute Gasteiger partial charge is 0.0347 e. The maximum absolute atomic E-state index is 3.49. The number of rotatable bonds is 6. The van der Waals surface area contributed by atoms with Gasteiger partial charge >= 0.3 is 0 Å². The van der Waals surface area contributed by atoms with Crippen LogP contribution >= 0.6 is 0 Å². The summed E-state index contributed by atoms with van der Waals surface area (Å²) in [6.07, 6.45) is 0. The average Bonchev–Trinajstić information content (AvgIpc) is 2.43. The van der Waals surface area contributed by atoms with Gasteiger partial charge < -0.3 is 10.2 Å². The van der Waals surface area contributed by atoms with Gasteiger partial charge in [0.2, 0.25) is 0 Å². The third-order valence-electron chi connectivity index (χ3n) is 3.40. The maximum Gasteiger partial charge on any atom is 0.0347 e. The second kappa shape index (κ2) is 6.41. The van der Waals surface area contributed by atoms with Gasteiger partial charge in [0.25, 0.3) is 0 Å². The van der Waals surface area contributed by atoms with Crippen molar-refractivity contribution in [2.45, 2.75) is 13.8 Å². The summed E-state index contributed by atoms with van der Waals surface area (Å²) in [7, 11) is 0. The van der Waals surface area contributed by atoms with Crippen molar-refractivity contribution < 1.29 is 0 Å². The quantitative estimate of drug-likeness (QED) is 0.832. The number of hydrogen-bond donors (Lipinski definition) is 1. The van der Waals surface area contributed by atoms with Crippen molar-refractivity contribution in [3.63, 3.8) is 0 Å². The Labute approximate surface area is 110 Å². The minimum absolute atomic E-state index is 1.00. The van der Waals surface area contributed by atoms with E-state index in [4.69, 9.17) is 0 Å². The summed E-state index contributed by atoms with van der Waals surface area (Å²) in [6.45, 7) is 8.75. The molecule has 1 N–H and O–H groups in total. The van der Waals surface area contributed by atoms with Gasteiger partial charge in [0, 0.05) is 18.8 Å². The van der Waals surface area contributed by atoms with E-state index in [0.717, 1.165) is 26.2 Å². The molecule has 0 heterocycles. The summed E-state index contributed by atoms with van der Waals surface area (Å²) in [5.74, 6) is 0. The molecule has 18 heavy (non-hydrogen) atoms. The van der Waals surface area contributed by atoms with Crippen LogP contribution in [0.1, 0.15) is 13.8 Å². The normalized spacial score (nSPS) is 11.1. The van der Waals surface area contributed by atoms with E-state index < -0.39 is 0 Å². The van der Waals surface area contributed by atoms with E-state index in [2.05, 4.69) is 66.5 Å². The predicted molar refractivity (Wildman–Crippen MR) is 80.2 cm³/mol. The highest BCUT2D eigenvalue weighted by molar-refractivity contribution is 5.85. The molecule has 0 aliphatic rings. The first-order chi connectivity index (χ1) is 8.83. The number of anilines is 1. The zero-order valence-electron chi connectivity index (χ0n) is 11.3. The standard InChI is InChI=1S/C16H22N2/c1-3-18(4-2)12-11-17-16-10-9-14-7-5-6-8-15(14)13-16/h5-10,13,17H,3-4,11-12H2,1-2H3. The van der Waals surface area contributed by atoms with Crippen LogP contribution in [-0.4, -0.2) is 31.1 Å². The van der Waals surface area contributed by atoms with Crippen LogP contribution in [-0.2, 0) is 0 Å². The van der Waals surface area contributed by atoms with Gasteiger partial charge in [0.05, 0.1) is 0 Å². The van der Waals surface area contributed by atoms with Crippen molar-refractivity contribution in [1.82, 2.24) is 4.90 Å². The Hall–Kier alpha value is -1.54. The lowest BCUT2D eigenvalue weighted by atomic mass is 10.1. The molecule has 0 bridgehead atoms. The van der Waals surface area contributed by atoms with E-state index in [1.807, 2.05) is 0 Å². The lowest BCUT2D eigenvalue weighted by Crippen LogP contribution is -2.28. The molecular weight excluding hydrogens is 220 g/mol. The lowest BCUT2D eigenvalue weighted by Gasteiger charge is -2.18. The zero-order valence-corrected chi connectivity index (χ0v) is 11.3. The fraction of sp³-hybridized carbons (Fsp3) is 0.375. The second-order valence-electron chi connectivity index (χ2n) is 4.52. The van der Waals surface area contributed by atoms with E-state index in [9.17, 15) is 0 Å². The van der Waals surface area contributed by atoms with Gasteiger partial charge in [-0.05, 0) is 36.0 Å². The van der Waals surface area contributed by atoms with Crippen LogP contribution < -0.4 is 5.32 Å². The molecule has 2 aromatic carbocycles. The van der Waals surface area contributed by atoms with Crippen LogP contribution in [0.4, 0.5) is 5.69 Å². The van der Waals surface area contributed by atoms with Crippen LogP contribution in [0.3, 0.4) is 0 Å². The van der Waals surface area contributed by atoms with E-state index in [1.54, 1.807) is 0 Å². The molecule has 0 spiro atoms. The number of hydrogen-bond acceptors (Lipinski definition) is 2. The maximum atomic E-state index is 3.49. The van der Waals surface area contributed by atoms with Crippen molar-refractivity contribution in [1.29, 1.82) is 0 Å². The molecule has 0 fully saturated rings. The Balaban J connectivity index is 1.95. The number of nitrogens with one attached hydrogen (secondary N) is 1. The van der Waals surface area contributed by atoms with Crippen LogP contribution in [0.5, 0.6) is 0 Å². The van der Waals surface area contributed by atoms with Crippen molar-refractivity contribution >= 4 is 16.5 Å². The van der Waals surface area contributed by atoms with Crippen molar-refractivity contribution in [2.24, 2.45) is 0 Å². The molecule has 0 aliphatic heterocycles. The number of likely N-dealkylation sites (N-methyl/N-ethyl adjacent to an activating group) is 1. The first-order valence-corrected chi connectivity index (χ1v) is 6.78. The minimum Gasteiger partial charge on any atom is -0.384 e. The summed E-state index contributed by atoms with van der Waals surface area (Å²) in [5.41, 5.74) is 1.21. The monoisotopic (exact) mass is 242 g/mol. The Morgan fingerprint density at radius 1 is 0.944 bits per heavy atom. The highest BCUT2D eigenvalue weighted by atomic mass is 15.1. The molecule has 96 valence electrons. The average molecular weight is 242 g/mol. The molecule has 0 amide bonds. The predicted octanol–water partition coefficient (Wildman–Crippen LogP) is 3.59. The van der Waals surface area contributed by atoms with E-state index >= 15 is 0 Å². The lowest BCUT2D eigenvalue weighted by molar-refractivity contribution is 0.316. The van der Waals surface area contributed by atoms with Crippen molar-refractivity contribution in [3.05, 3.63) is 42.5 Å². The molecule has 0 atom stereocenters. The number of benzene rings is 2. The van der Waals surface area contributed by atoms with E-state index in [-0.39, 0.29) is 0 Å². The summed E-state index contributed by atoms with van der Waals surface area (Å²) >= 11 is 0. The van der Waals surface area contributed by atoms with Gasteiger partial charge in [-0.15, -0.1) is 0 Å². The second-order valence-corrected chi connectivity index (χ2v) is 4.52. The molecule has 0 saturated carbocycles. The molecule has 0 aliphatic carbocycles. The third-order valence-corrected chi connectivity index (χ3v) is 3.40. The van der Waals surface area contributed by atoms with Gasteiger partial charge in [0.15, 0.2) is 0 Å². The fourth-order valence-corrected chi connectivity index (χ4v) is 2.20. The van der Waals surface area contributed by atoms with Crippen LogP contribution in [0.15, 0.2) is 42.5 Å². The molecule has 0 unspecified atom stereocenters. The van der Waals surface area contributed by atoms with E-state index in [0.29, 0.717) is 0 Å². The molecule has 2 heteroatoms. The highest BCUT2D eigenvalue weighted by Crippen LogP contribution is 2.18. The molecule has 0 aromatic heterocycles. The van der Waals surface area contributed by atoms with Crippen LogP contribution in [0.25, 0.3) is 10.8 Å². The molecule has 2 rings (SSSR count).